The van der Waals surface area contributed by atoms with Crippen LogP contribution in [0.25, 0.3) is 27.4 Å². The second-order valence-corrected chi connectivity index (χ2v) is 6.52. The minimum atomic E-state index is -0.0501. The molecule has 0 fully saturated rings. The van der Waals surface area contributed by atoms with E-state index in [9.17, 15) is 4.79 Å². The van der Waals surface area contributed by atoms with Gasteiger partial charge >= 0.3 is 0 Å². The van der Waals surface area contributed by atoms with E-state index in [0.29, 0.717) is 0 Å². The van der Waals surface area contributed by atoms with E-state index in [2.05, 4.69) is 40.7 Å². The van der Waals surface area contributed by atoms with Crippen molar-refractivity contribution in [2.75, 3.05) is 5.32 Å². The van der Waals surface area contributed by atoms with Crippen molar-refractivity contribution in [2.45, 2.75) is 13.8 Å². The monoisotopic (exact) mass is 329 g/mol. The number of carbonyl (C=O) groups excluding carboxylic acids is 1. The van der Waals surface area contributed by atoms with Crippen molar-refractivity contribution in [2.24, 2.45) is 5.92 Å². The first-order valence-electron chi connectivity index (χ1n) is 8.40. The van der Waals surface area contributed by atoms with Crippen LogP contribution < -0.4 is 5.32 Å². The Bertz CT molecular complexity index is 1080. The van der Waals surface area contributed by atoms with E-state index in [1.54, 1.807) is 0 Å². The Kier molecular flexibility index (Phi) is 3.73. The molecule has 4 aromatic rings. The van der Waals surface area contributed by atoms with E-state index in [1.807, 2.05) is 55.1 Å². The molecule has 0 unspecified atom stereocenters. The lowest BCUT2D eigenvalue weighted by Crippen LogP contribution is -2.17. The summed E-state index contributed by atoms with van der Waals surface area (Å²) < 4.78 is 1.88. The summed E-state index contributed by atoms with van der Waals surface area (Å²) in [6, 6.07) is 20.4. The van der Waals surface area contributed by atoms with Crippen LogP contribution in [0.5, 0.6) is 0 Å². The molecule has 0 aliphatic heterocycles. The van der Waals surface area contributed by atoms with Gasteiger partial charge in [-0.15, -0.1) is 0 Å². The third-order valence-electron chi connectivity index (χ3n) is 4.30. The highest BCUT2D eigenvalue weighted by atomic mass is 16.1. The van der Waals surface area contributed by atoms with Crippen LogP contribution in [0.3, 0.4) is 0 Å². The zero-order valence-corrected chi connectivity index (χ0v) is 14.2. The Hall–Kier alpha value is -3.14. The average molecular weight is 329 g/mol. The molecule has 1 N–H and O–H groups in total. The Labute approximate surface area is 146 Å². The summed E-state index contributed by atoms with van der Waals surface area (Å²) in [6.45, 7) is 3.75. The number of amides is 1. The molecule has 0 saturated carbocycles. The van der Waals surface area contributed by atoms with Crippen LogP contribution in [0.15, 0.2) is 66.9 Å². The van der Waals surface area contributed by atoms with Gasteiger partial charge in [0.15, 0.2) is 0 Å². The number of aromatic nitrogens is 2. The highest BCUT2D eigenvalue weighted by Gasteiger charge is 2.09. The highest BCUT2D eigenvalue weighted by molar-refractivity contribution is 5.94. The molecular formula is C21H19N3O. The highest BCUT2D eigenvalue weighted by Crippen LogP contribution is 2.22. The van der Waals surface area contributed by atoms with Crippen molar-refractivity contribution in [3.8, 4) is 5.69 Å². The lowest BCUT2D eigenvalue weighted by Gasteiger charge is -2.07. The third kappa shape index (κ3) is 2.98. The molecule has 0 atom stereocenters. The molecule has 0 spiro atoms. The predicted molar refractivity (Wildman–Crippen MR) is 102 cm³/mol. The first kappa shape index (κ1) is 15.4. The van der Waals surface area contributed by atoms with E-state index in [-0.39, 0.29) is 11.8 Å². The van der Waals surface area contributed by atoms with Crippen molar-refractivity contribution in [1.82, 2.24) is 9.78 Å². The van der Waals surface area contributed by atoms with Gasteiger partial charge in [-0.05, 0) is 41.1 Å². The van der Waals surface area contributed by atoms with Crippen LogP contribution in [0.1, 0.15) is 13.8 Å². The van der Waals surface area contributed by atoms with Crippen molar-refractivity contribution >= 4 is 33.3 Å². The van der Waals surface area contributed by atoms with Crippen LogP contribution in [0.4, 0.5) is 5.69 Å². The van der Waals surface area contributed by atoms with Gasteiger partial charge in [0.25, 0.3) is 0 Å². The third-order valence-corrected chi connectivity index (χ3v) is 4.30. The van der Waals surface area contributed by atoms with Gasteiger partial charge in [0.1, 0.15) is 0 Å². The summed E-state index contributed by atoms with van der Waals surface area (Å²) in [6.07, 6.45) is 2.01. The second-order valence-electron chi connectivity index (χ2n) is 6.52. The van der Waals surface area contributed by atoms with Crippen molar-refractivity contribution in [3.63, 3.8) is 0 Å². The maximum absolute atomic E-state index is 11.9. The Morgan fingerprint density at radius 3 is 2.52 bits per heavy atom. The van der Waals surface area contributed by atoms with Crippen molar-refractivity contribution < 1.29 is 4.79 Å². The van der Waals surface area contributed by atoms with Crippen LogP contribution in [-0.4, -0.2) is 15.7 Å². The van der Waals surface area contributed by atoms with E-state index in [0.717, 1.165) is 22.3 Å². The van der Waals surface area contributed by atoms with Gasteiger partial charge in [0.2, 0.25) is 5.91 Å². The molecule has 0 aliphatic carbocycles. The molecule has 3 aromatic carbocycles. The maximum Gasteiger partial charge on any atom is 0.226 e. The largest absolute Gasteiger partial charge is 0.326 e. The Balaban J connectivity index is 1.71. The van der Waals surface area contributed by atoms with E-state index >= 15 is 0 Å². The number of fused-ring (bicyclic) bond motifs is 2. The topological polar surface area (TPSA) is 46.9 Å². The lowest BCUT2D eigenvalue weighted by atomic mass is 10.1. The molecule has 4 heteroatoms. The fourth-order valence-electron chi connectivity index (χ4n) is 2.83. The molecule has 1 heterocycles. The molecule has 1 amide bonds. The summed E-state index contributed by atoms with van der Waals surface area (Å²) in [4.78, 5) is 11.9. The minimum Gasteiger partial charge on any atom is -0.326 e. The number of nitrogens with zero attached hydrogens (tertiary/aromatic N) is 2. The predicted octanol–water partition coefficient (Wildman–Crippen LogP) is 4.77. The minimum absolute atomic E-state index is 0.00770. The normalized spacial score (nSPS) is 11.3. The summed E-state index contributed by atoms with van der Waals surface area (Å²) in [5.74, 6) is -0.0424. The van der Waals surface area contributed by atoms with Gasteiger partial charge in [-0.2, -0.15) is 5.10 Å². The summed E-state index contributed by atoms with van der Waals surface area (Å²) in [5, 5.41) is 11.0. The molecule has 4 rings (SSSR count). The van der Waals surface area contributed by atoms with Crippen molar-refractivity contribution in [1.29, 1.82) is 0 Å². The standard InChI is InChI=1S/C21H19N3O/c1-14(2)21(25)22-18-9-7-17-13-24(23-20(17)12-18)19-10-8-15-5-3-4-6-16(15)11-19/h3-14H,1-2H3,(H,22,25). The molecule has 0 radical (unpaired) electrons. The summed E-state index contributed by atoms with van der Waals surface area (Å²) in [7, 11) is 0. The van der Waals surface area contributed by atoms with Crippen LogP contribution >= 0.6 is 0 Å². The van der Waals surface area contributed by atoms with E-state index < -0.39 is 0 Å². The molecule has 0 saturated heterocycles. The second kappa shape index (κ2) is 6.06. The fraction of sp³-hybridized carbons (Fsp3) is 0.143. The SMILES string of the molecule is CC(C)C(=O)Nc1ccc2cn(-c3ccc4ccccc4c3)nc2c1. The zero-order chi connectivity index (χ0) is 17.4. The molecular weight excluding hydrogens is 310 g/mol. The van der Waals surface area contributed by atoms with Gasteiger partial charge in [0.05, 0.1) is 11.2 Å². The molecule has 4 nitrogen and oxygen atoms in total. The number of rotatable bonds is 3. The van der Waals surface area contributed by atoms with Crippen LogP contribution in [0.2, 0.25) is 0 Å². The van der Waals surface area contributed by atoms with Gasteiger partial charge in [-0.1, -0.05) is 44.2 Å². The Morgan fingerprint density at radius 2 is 1.72 bits per heavy atom. The van der Waals surface area contributed by atoms with E-state index in [4.69, 9.17) is 0 Å². The number of benzene rings is 3. The molecule has 0 bridgehead atoms. The molecule has 25 heavy (non-hydrogen) atoms. The van der Waals surface area contributed by atoms with Crippen LogP contribution in [-0.2, 0) is 4.79 Å². The molecule has 124 valence electrons. The van der Waals surface area contributed by atoms with Crippen molar-refractivity contribution in [3.05, 3.63) is 66.9 Å². The summed E-state index contributed by atoms with van der Waals surface area (Å²) >= 11 is 0. The average Bonchev–Trinajstić information content (AvgIpc) is 3.04. The number of carbonyl (C=O) groups is 1. The quantitative estimate of drug-likeness (QED) is 0.588. The van der Waals surface area contributed by atoms with Gasteiger partial charge in [-0.3, -0.25) is 4.79 Å². The summed E-state index contributed by atoms with van der Waals surface area (Å²) in [5.41, 5.74) is 2.65. The lowest BCUT2D eigenvalue weighted by molar-refractivity contribution is -0.118. The number of nitrogens with one attached hydrogen (secondary N) is 1. The van der Waals surface area contributed by atoms with Gasteiger partial charge in [0, 0.05) is 23.2 Å². The van der Waals surface area contributed by atoms with Gasteiger partial charge in [-0.25, -0.2) is 4.68 Å². The van der Waals surface area contributed by atoms with E-state index in [1.165, 1.54) is 10.8 Å². The molecule has 0 aliphatic rings. The number of hydrogen-bond acceptors (Lipinski definition) is 2. The first-order valence-corrected chi connectivity index (χ1v) is 8.40. The maximum atomic E-state index is 11.9. The van der Waals surface area contributed by atoms with Gasteiger partial charge < -0.3 is 5.32 Å². The zero-order valence-electron chi connectivity index (χ0n) is 14.2. The smallest absolute Gasteiger partial charge is 0.226 e. The number of hydrogen-bond donors (Lipinski definition) is 1. The first-order chi connectivity index (χ1) is 12.1. The van der Waals surface area contributed by atoms with Crippen LogP contribution in [0, 0.1) is 5.92 Å². The fourth-order valence-corrected chi connectivity index (χ4v) is 2.83. The molecule has 1 aromatic heterocycles. The Morgan fingerprint density at radius 1 is 0.960 bits per heavy atom. The number of anilines is 1.